The zero-order chi connectivity index (χ0) is 15.4. The lowest BCUT2D eigenvalue weighted by atomic mass is 10.1. The van der Waals surface area contributed by atoms with Crippen LogP contribution in [0.5, 0.6) is 0 Å². The van der Waals surface area contributed by atoms with Crippen molar-refractivity contribution in [2.24, 2.45) is 5.92 Å². The Bertz CT molecular complexity index is 694. The lowest BCUT2D eigenvalue weighted by Crippen LogP contribution is -2.34. The summed E-state index contributed by atoms with van der Waals surface area (Å²) in [6.07, 6.45) is -0.0109. The number of para-hydroxylation sites is 1. The third kappa shape index (κ3) is 3.88. The van der Waals surface area contributed by atoms with E-state index in [1.54, 1.807) is 24.3 Å². The van der Waals surface area contributed by atoms with Crippen LogP contribution in [-0.4, -0.2) is 33.6 Å². The molecule has 6 heteroatoms. The molecule has 1 aromatic carbocycles. The molecule has 0 aliphatic carbocycles. The monoisotopic (exact) mass is 289 g/mol. The average molecular weight is 289 g/mol. The summed E-state index contributed by atoms with van der Waals surface area (Å²) in [5.41, 5.74) is 0.114. The third-order valence-corrected chi connectivity index (χ3v) is 3.07. The second-order valence-corrected chi connectivity index (χ2v) is 5.43. The Morgan fingerprint density at radius 2 is 2.10 bits per heavy atom. The van der Waals surface area contributed by atoms with Crippen LogP contribution in [0, 0.1) is 5.92 Å². The minimum atomic E-state index is -0.610. The topological polar surface area (TPSA) is 95.1 Å². The van der Waals surface area contributed by atoms with E-state index in [0.29, 0.717) is 23.2 Å². The molecular weight excluding hydrogens is 270 g/mol. The fourth-order valence-electron chi connectivity index (χ4n) is 2.12. The SMILES string of the molecule is CC(C)CC(O)CNC(=O)c1nc2ccccc2c(=O)[nH]1. The number of amides is 1. The molecule has 1 amide bonds. The number of nitrogens with one attached hydrogen (secondary N) is 2. The van der Waals surface area contributed by atoms with Crippen LogP contribution in [0.15, 0.2) is 29.1 Å². The first kappa shape index (κ1) is 15.2. The molecule has 2 aromatic rings. The van der Waals surface area contributed by atoms with Crippen LogP contribution in [0.3, 0.4) is 0 Å². The van der Waals surface area contributed by atoms with E-state index < -0.39 is 12.0 Å². The maximum absolute atomic E-state index is 12.0. The van der Waals surface area contributed by atoms with Crippen LogP contribution in [-0.2, 0) is 0 Å². The van der Waals surface area contributed by atoms with E-state index >= 15 is 0 Å². The van der Waals surface area contributed by atoms with Gasteiger partial charge in [-0.3, -0.25) is 9.59 Å². The fourth-order valence-corrected chi connectivity index (χ4v) is 2.12. The number of hydrogen-bond acceptors (Lipinski definition) is 4. The summed E-state index contributed by atoms with van der Waals surface area (Å²) < 4.78 is 0. The van der Waals surface area contributed by atoms with E-state index in [9.17, 15) is 14.7 Å². The standard InChI is InChI=1S/C15H19N3O3/c1-9(2)7-10(19)8-16-15(21)13-17-12-6-4-3-5-11(12)14(20)18-13/h3-6,9-10,19H,7-8H2,1-2H3,(H,16,21)(H,17,18,20). The molecule has 2 rings (SSSR count). The van der Waals surface area contributed by atoms with E-state index in [1.165, 1.54) is 0 Å². The van der Waals surface area contributed by atoms with Crippen molar-refractivity contribution in [1.82, 2.24) is 15.3 Å². The van der Waals surface area contributed by atoms with Gasteiger partial charge < -0.3 is 15.4 Å². The van der Waals surface area contributed by atoms with Gasteiger partial charge in [0.2, 0.25) is 0 Å². The van der Waals surface area contributed by atoms with Crippen molar-refractivity contribution in [2.45, 2.75) is 26.4 Å². The summed E-state index contributed by atoms with van der Waals surface area (Å²) in [6, 6.07) is 6.81. The molecular formula is C15H19N3O3. The van der Waals surface area contributed by atoms with Crippen molar-refractivity contribution < 1.29 is 9.90 Å². The largest absolute Gasteiger partial charge is 0.391 e. The Hall–Kier alpha value is -2.21. The predicted octanol–water partition coefficient (Wildman–Crippen LogP) is 1.06. The molecule has 0 radical (unpaired) electrons. The van der Waals surface area contributed by atoms with Crippen LogP contribution in [0.4, 0.5) is 0 Å². The molecule has 0 aliphatic rings. The number of aliphatic hydroxyl groups excluding tert-OH is 1. The third-order valence-electron chi connectivity index (χ3n) is 3.07. The molecule has 0 fully saturated rings. The Morgan fingerprint density at radius 1 is 1.38 bits per heavy atom. The zero-order valence-corrected chi connectivity index (χ0v) is 12.1. The maximum Gasteiger partial charge on any atom is 0.287 e. The second kappa shape index (κ2) is 6.49. The molecule has 1 heterocycles. The molecule has 21 heavy (non-hydrogen) atoms. The lowest BCUT2D eigenvalue weighted by Gasteiger charge is -2.13. The van der Waals surface area contributed by atoms with E-state index in [-0.39, 0.29) is 17.9 Å². The number of benzene rings is 1. The van der Waals surface area contributed by atoms with E-state index in [0.717, 1.165) is 0 Å². The van der Waals surface area contributed by atoms with Gasteiger partial charge >= 0.3 is 0 Å². The second-order valence-electron chi connectivity index (χ2n) is 5.43. The summed E-state index contributed by atoms with van der Waals surface area (Å²) >= 11 is 0. The number of hydrogen-bond donors (Lipinski definition) is 3. The number of aliphatic hydroxyl groups is 1. The molecule has 0 spiro atoms. The van der Waals surface area contributed by atoms with Crippen molar-refractivity contribution >= 4 is 16.8 Å². The van der Waals surface area contributed by atoms with Crippen LogP contribution in [0.2, 0.25) is 0 Å². The first-order valence-electron chi connectivity index (χ1n) is 6.92. The molecule has 112 valence electrons. The van der Waals surface area contributed by atoms with Gasteiger partial charge in [-0.15, -0.1) is 0 Å². The molecule has 1 atom stereocenters. The first-order valence-corrected chi connectivity index (χ1v) is 6.92. The number of fused-ring (bicyclic) bond motifs is 1. The molecule has 1 unspecified atom stereocenters. The van der Waals surface area contributed by atoms with Crippen molar-refractivity contribution in [3.8, 4) is 0 Å². The molecule has 0 saturated heterocycles. The quantitative estimate of drug-likeness (QED) is 0.767. The highest BCUT2D eigenvalue weighted by Gasteiger charge is 2.13. The molecule has 0 bridgehead atoms. The molecule has 1 aromatic heterocycles. The Morgan fingerprint density at radius 3 is 2.81 bits per heavy atom. The smallest absolute Gasteiger partial charge is 0.287 e. The van der Waals surface area contributed by atoms with Gasteiger partial charge in [0.25, 0.3) is 11.5 Å². The molecule has 3 N–H and O–H groups in total. The number of carbonyl (C=O) groups excluding carboxylic acids is 1. The van der Waals surface area contributed by atoms with Gasteiger partial charge in [0.15, 0.2) is 5.82 Å². The summed E-state index contributed by atoms with van der Waals surface area (Å²) in [5.74, 6) is -0.202. The predicted molar refractivity (Wildman–Crippen MR) is 80.2 cm³/mol. The Balaban J connectivity index is 2.11. The van der Waals surface area contributed by atoms with Gasteiger partial charge in [0.05, 0.1) is 17.0 Å². The number of H-pyrrole nitrogens is 1. The number of aromatic nitrogens is 2. The molecule has 0 aliphatic heterocycles. The maximum atomic E-state index is 12.0. The summed E-state index contributed by atoms with van der Waals surface area (Å²) in [6.45, 7) is 4.12. The number of rotatable bonds is 5. The highest BCUT2D eigenvalue weighted by molar-refractivity contribution is 5.92. The van der Waals surface area contributed by atoms with Gasteiger partial charge in [-0.2, -0.15) is 0 Å². The normalized spacial score (nSPS) is 12.6. The number of nitrogens with zero attached hydrogens (tertiary/aromatic N) is 1. The fraction of sp³-hybridized carbons (Fsp3) is 0.400. The summed E-state index contributed by atoms with van der Waals surface area (Å²) in [5, 5.41) is 12.7. The minimum absolute atomic E-state index is 0.0459. The highest BCUT2D eigenvalue weighted by atomic mass is 16.3. The zero-order valence-electron chi connectivity index (χ0n) is 12.1. The van der Waals surface area contributed by atoms with Crippen LogP contribution >= 0.6 is 0 Å². The van der Waals surface area contributed by atoms with Crippen molar-refractivity contribution in [3.05, 3.63) is 40.4 Å². The van der Waals surface area contributed by atoms with Gasteiger partial charge in [-0.1, -0.05) is 26.0 Å². The molecule has 6 nitrogen and oxygen atoms in total. The van der Waals surface area contributed by atoms with Gasteiger partial charge in [-0.05, 0) is 24.5 Å². The van der Waals surface area contributed by atoms with E-state index in [2.05, 4.69) is 15.3 Å². The summed E-state index contributed by atoms with van der Waals surface area (Å²) in [7, 11) is 0. The Labute approximate surface area is 122 Å². The first-order chi connectivity index (χ1) is 9.97. The van der Waals surface area contributed by atoms with Crippen molar-refractivity contribution in [1.29, 1.82) is 0 Å². The highest BCUT2D eigenvalue weighted by Crippen LogP contribution is 2.06. The summed E-state index contributed by atoms with van der Waals surface area (Å²) in [4.78, 5) is 30.4. The van der Waals surface area contributed by atoms with Crippen molar-refractivity contribution in [3.63, 3.8) is 0 Å². The minimum Gasteiger partial charge on any atom is -0.391 e. The van der Waals surface area contributed by atoms with E-state index in [4.69, 9.17) is 0 Å². The van der Waals surface area contributed by atoms with E-state index in [1.807, 2.05) is 13.8 Å². The molecule has 0 saturated carbocycles. The van der Waals surface area contributed by atoms with Gasteiger partial charge in [0.1, 0.15) is 0 Å². The van der Waals surface area contributed by atoms with Crippen LogP contribution in [0.25, 0.3) is 10.9 Å². The van der Waals surface area contributed by atoms with Gasteiger partial charge in [-0.25, -0.2) is 4.98 Å². The number of aromatic amines is 1. The lowest BCUT2D eigenvalue weighted by molar-refractivity contribution is 0.0890. The van der Waals surface area contributed by atoms with Crippen molar-refractivity contribution in [2.75, 3.05) is 6.54 Å². The van der Waals surface area contributed by atoms with Gasteiger partial charge in [0, 0.05) is 6.54 Å². The number of carbonyl (C=O) groups is 1. The van der Waals surface area contributed by atoms with Crippen LogP contribution in [0.1, 0.15) is 30.9 Å². The Kier molecular flexibility index (Phi) is 4.70. The van der Waals surface area contributed by atoms with Crippen LogP contribution < -0.4 is 10.9 Å². The average Bonchev–Trinajstić information content (AvgIpc) is 2.44.